The van der Waals surface area contributed by atoms with Gasteiger partial charge in [0.15, 0.2) is 10.9 Å². The molecule has 1 aromatic rings. The molecule has 2 heterocycles. The molecule has 0 fully saturated rings. The van der Waals surface area contributed by atoms with Gasteiger partial charge in [-0.1, -0.05) is 4.85 Å². The highest BCUT2D eigenvalue weighted by Gasteiger charge is 2.31. The second kappa shape index (κ2) is 6.77. The number of ether oxygens (including phenoxy) is 1. The van der Waals surface area contributed by atoms with E-state index >= 15 is 0 Å². The van der Waals surface area contributed by atoms with Crippen molar-refractivity contribution in [3.8, 4) is 0 Å². The van der Waals surface area contributed by atoms with E-state index in [0.717, 1.165) is 12.4 Å². The van der Waals surface area contributed by atoms with Crippen molar-refractivity contribution >= 4 is 18.2 Å². The maximum atomic E-state index is 10.8. The van der Waals surface area contributed by atoms with E-state index in [0.29, 0.717) is 16.3 Å². The number of aromatic carboxylic acids is 1. The molecule has 0 radical (unpaired) electrons. The van der Waals surface area contributed by atoms with Gasteiger partial charge in [-0.2, -0.15) is 0 Å². The number of carboxylic acid groups (broad SMARTS) is 1. The van der Waals surface area contributed by atoms with Gasteiger partial charge in [-0.25, -0.2) is 9.59 Å². The Balaban J connectivity index is 0.000000204. The predicted molar refractivity (Wildman–Crippen MR) is 57.6 cm³/mol. The first-order valence-electron chi connectivity index (χ1n) is 5.19. The molecule has 0 aliphatic carbocycles. The summed E-state index contributed by atoms with van der Waals surface area (Å²) in [5.41, 5.74) is -0.280. The van der Waals surface area contributed by atoms with Crippen molar-refractivity contribution in [1.82, 2.24) is 15.2 Å². The zero-order valence-corrected chi connectivity index (χ0v) is 10.2. The Morgan fingerprint density at radius 1 is 1.55 bits per heavy atom. The van der Waals surface area contributed by atoms with Crippen molar-refractivity contribution in [3.63, 3.8) is 0 Å². The number of hydrogen-bond donors (Lipinski definition) is 3. The molecular weight excluding hydrogens is 276 g/mol. The van der Waals surface area contributed by atoms with Crippen LogP contribution in [0, 0.1) is 0 Å². The predicted octanol–water partition coefficient (Wildman–Crippen LogP) is -1.01. The van der Waals surface area contributed by atoms with Crippen LogP contribution in [0.2, 0.25) is 0 Å². The SMILES string of the molecule is CCOC(=O)C1C=[N+](O)N=N1.O=C(O)c1cn(O)nn1. The summed E-state index contributed by atoms with van der Waals surface area (Å²) in [4.78, 5) is 21.7. The highest BCUT2D eigenvalue weighted by atomic mass is 16.5. The Bertz CT molecular complexity index is 551. The lowest BCUT2D eigenvalue weighted by Crippen LogP contribution is -2.22. The molecule has 0 spiro atoms. The van der Waals surface area contributed by atoms with Crippen LogP contribution < -0.4 is 0 Å². The lowest BCUT2D eigenvalue weighted by Gasteiger charge is -1.95. The van der Waals surface area contributed by atoms with Gasteiger partial charge in [0.1, 0.15) is 6.20 Å². The average molecular weight is 287 g/mol. The molecule has 1 aliphatic rings. The van der Waals surface area contributed by atoms with E-state index in [9.17, 15) is 9.59 Å². The van der Waals surface area contributed by atoms with Gasteiger partial charge in [-0.15, -0.1) is 5.10 Å². The summed E-state index contributed by atoms with van der Waals surface area (Å²) in [5, 5.41) is 37.8. The molecule has 1 unspecified atom stereocenters. The molecule has 1 atom stereocenters. The fourth-order valence-corrected chi connectivity index (χ4v) is 0.983. The van der Waals surface area contributed by atoms with Crippen molar-refractivity contribution in [3.05, 3.63) is 11.9 Å². The Labute approximate surface area is 111 Å². The molecule has 0 aromatic carbocycles. The summed E-state index contributed by atoms with van der Waals surface area (Å²) in [7, 11) is 0. The second-order valence-corrected chi connectivity index (χ2v) is 3.20. The summed E-state index contributed by atoms with van der Waals surface area (Å²) >= 11 is 0. The van der Waals surface area contributed by atoms with Crippen LogP contribution in [0.3, 0.4) is 0 Å². The van der Waals surface area contributed by atoms with Gasteiger partial charge < -0.3 is 20.3 Å². The normalized spacial score (nSPS) is 16.1. The number of carbonyl (C=O) groups excluding carboxylic acids is 1. The number of hydrogen-bond acceptors (Lipinski definition) is 9. The number of esters is 1. The molecule has 0 saturated carbocycles. The monoisotopic (exact) mass is 287 g/mol. The van der Waals surface area contributed by atoms with Gasteiger partial charge in [-0.3, -0.25) is 0 Å². The third kappa shape index (κ3) is 4.32. The first-order chi connectivity index (χ1) is 9.43. The summed E-state index contributed by atoms with van der Waals surface area (Å²) in [6, 6.07) is -0.792. The van der Waals surface area contributed by atoms with Crippen molar-refractivity contribution in [2.45, 2.75) is 13.0 Å². The minimum absolute atomic E-state index is 0.280. The minimum atomic E-state index is -1.21. The van der Waals surface area contributed by atoms with E-state index in [4.69, 9.17) is 15.5 Å². The van der Waals surface area contributed by atoms with Crippen LogP contribution in [0.25, 0.3) is 0 Å². The number of rotatable bonds is 3. The molecule has 1 aliphatic heterocycles. The van der Waals surface area contributed by atoms with Gasteiger partial charge >= 0.3 is 18.0 Å². The molecule has 2 rings (SSSR count). The first kappa shape index (κ1) is 15.0. The van der Waals surface area contributed by atoms with Gasteiger partial charge in [0.25, 0.3) is 0 Å². The number of carbonyl (C=O) groups is 2. The molecular formula is C8H11N6O6+. The second-order valence-electron chi connectivity index (χ2n) is 3.20. The molecule has 108 valence electrons. The van der Waals surface area contributed by atoms with E-state index in [-0.39, 0.29) is 5.69 Å². The lowest BCUT2D eigenvalue weighted by molar-refractivity contribution is -0.778. The van der Waals surface area contributed by atoms with Crippen LogP contribution in [0.15, 0.2) is 16.5 Å². The molecule has 0 bridgehead atoms. The van der Waals surface area contributed by atoms with E-state index in [1.54, 1.807) is 6.92 Å². The average Bonchev–Trinajstić information content (AvgIpc) is 2.99. The molecule has 3 N–H and O–H groups in total. The van der Waals surface area contributed by atoms with Crippen LogP contribution in [0.5, 0.6) is 0 Å². The maximum Gasteiger partial charge on any atom is 0.366 e. The zero-order chi connectivity index (χ0) is 15.1. The van der Waals surface area contributed by atoms with E-state index < -0.39 is 18.0 Å². The molecule has 12 heteroatoms. The highest BCUT2D eigenvalue weighted by Crippen LogP contribution is 1.99. The van der Waals surface area contributed by atoms with Crippen molar-refractivity contribution in [2.24, 2.45) is 10.3 Å². The van der Waals surface area contributed by atoms with Gasteiger partial charge in [0, 0.05) is 4.85 Å². The van der Waals surface area contributed by atoms with E-state index in [1.807, 2.05) is 0 Å². The third-order valence-electron chi connectivity index (χ3n) is 1.77. The van der Waals surface area contributed by atoms with Gasteiger partial charge in [-0.05, 0) is 12.1 Å². The third-order valence-corrected chi connectivity index (χ3v) is 1.77. The molecule has 20 heavy (non-hydrogen) atoms. The molecule has 0 amide bonds. The maximum absolute atomic E-state index is 10.8. The Morgan fingerprint density at radius 3 is 2.60 bits per heavy atom. The van der Waals surface area contributed by atoms with Crippen molar-refractivity contribution < 1.29 is 34.7 Å². The fourth-order valence-electron chi connectivity index (χ4n) is 0.983. The van der Waals surface area contributed by atoms with E-state index in [1.165, 1.54) is 0 Å². The summed E-state index contributed by atoms with van der Waals surface area (Å²) < 4.78 is 4.61. The van der Waals surface area contributed by atoms with Crippen LogP contribution >= 0.6 is 0 Å². The van der Waals surface area contributed by atoms with Gasteiger partial charge in [0.2, 0.25) is 6.21 Å². The molecule has 0 saturated heterocycles. The zero-order valence-electron chi connectivity index (χ0n) is 10.2. The summed E-state index contributed by atoms with van der Waals surface area (Å²) in [6.07, 6.45) is 2.04. The van der Waals surface area contributed by atoms with Crippen molar-refractivity contribution in [1.29, 1.82) is 0 Å². The smallest absolute Gasteiger partial charge is 0.366 e. The van der Waals surface area contributed by atoms with E-state index in [2.05, 4.69) is 25.4 Å². The number of carboxylic acids is 1. The Morgan fingerprint density at radius 2 is 2.25 bits per heavy atom. The quantitative estimate of drug-likeness (QED) is 0.275. The van der Waals surface area contributed by atoms with Crippen molar-refractivity contribution in [2.75, 3.05) is 6.61 Å². The Kier molecular flexibility index (Phi) is 5.08. The molecule has 12 nitrogen and oxygen atoms in total. The summed E-state index contributed by atoms with van der Waals surface area (Å²) in [5.74, 6) is -1.72. The fraction of sp³-hybridized carbons (Fsp3) is 0.375. The van der Waals surface area contributed by atoms with Crippen LogP contribution in [0.4, 0.5) is 0 Å². The molecule has 1 aromatic heterocycles. The Hall–Kier alpha value is -3.05. The van der Waals surface area contributed by atoms with Gasteiger partial charge in [0.05, 0.1) is 11.7 Å². The largest absolute Gasteiger partial charge is 0.476 e. The lowest BCUT2D eigenvalue weighted by atomic mass is 10.3. The standard InChI is InChI=1S/C5H8N3O3.C3H3N3O3/c1-2-11-5(9)4-3-8(10)7-6-4;7-3(8)2-1-6(9)5-4-2/h3-4,10H,2H2,1H3;1,9H,(H,7,8)/q+1;. The van der Waals surface area contributed by atoms with Crippen LogP contribution in [0.1, 0.15) is 17.4 Å². The highest BCUT2D eigenvalue weighted by molar-refractivity contribution is 5.92. The van der Waals surface area contributed by atoms with Crippen LogP contribution in [-0.2, 0) is 9.53 Å². The van der Waals surface area contributed by atoms with Crippen LogP contribution in [-0.4, -0.2) is 66.3 Å². The number of nitrogens with zero attached hydrogens (tertiary/aromatic N) is 6. The first-order valence-corrected chi connectivity index (χ1v) is 5.19. The topological polar surface area (TPSA) is 162 Å². The summed E-state index contributed by atoms with van der Waals surface area (Å²) in [6.45, 7) is 1.99. The minimum Gasteiger partial charge on any atom is -0.476 e. The number of aromatic nitrogens is 3.